The van der Waals surface area contributed by atoms with Crippen molar-refractivity contribution in [3.63, 3.8) is 0 Å². The molecule has 0 saturated carbocycles. The molecule has 2 amide bonds. The maximum atomic E-state index is 12.7. The molecule has 0 spiro atoms. The average molecular weight is 589 g/mol. The van der Waals surface area contributed by atoms with Crippen molar-refractivity contribution >= 4 is 45.1 Å². The van der Waals surface area contributed by atoms with Crippen LogP contribution < -0.4 is 21.5 Å². The molecule has 222 valence electrons. The molecule has 2 aromatic heterocycles. The summed E-state index contributed by atoms with van der Waals surface area (Å²) in [6.07, 6.45) is -3.80. The summed E-state index contributed by atoms with van der Waals surface area (Å²) in [4.78, 5) is 47.7. The van der Waals surface area contributed by atoms with Crippen LogP contribution >= 0.6 is 0 Å². The molecule has 9 N–H and O–H groups in total. The van der Waals surface area contributed by atoms with Gasteiger partial charge in [0.25, 0.3) is 5.91 Å². The molecule has 0 aromatic carbocycles. The molecule has 0 bridgehead atoms. The van der Waals surface area contributed by atoms with E-state index in [1.54, 1.807) is 18.6 Å². The number of aliphatic hydroxyl groups is 2. The number of rotatable bonds is 13. The summed E-state index contributed by atoms with van der Waals surface area (Å²) in [6.45, 7) is 2.67. The number of carboxylic acid groups (broad SMARTS) is 1. The van der Waals surface area contributed by atoms with Crippen molar-refractivity contribution in [2.45, 2.75) is 69.7 Å². The lowest BCUT2D eigenvalue weighted by molar-refractivity contribution is -0.137. The highest BCUT2D eigenvalue weighted by molar-refractivity contribution is 7.85. The zero-order chi connectivity index (χ0) is 29.8. The number of carbonyl (C=O) groups is 3. The summed E-state index contributed by atoms with van der Waals surface area (Å²) in [6, 6.07) is -2.56. The summed E-state index contributed by atoms with van der Waals surface area (Å²) in [5, 5.41) is 32.0. The topological polar surface area (TPSA) is 284 Å². The van der Waals surface area contributed by atoms with E-state index in [-0.39, 0.29) is 42.2 Å². The van der Waals surface area contributed by atoms with Gasteiger partial charge in [-0.15, -0.1) is 0 Å². The molecule has 0 unspecified atom stereocenters. The van der Waals surface area contributed by atoms with Crippen LogP contribution in [0.25, 0.3) is 11.2 Å². The predicted molar refractivity (Wildman–Crippen MR) is 135 cm³/mol. The molecule has 0 aliphatic carbocycles. The Morgan fingerprint density at radius 3 is 2.52 bits per heavy atom. The van der Waals surface area contributed by atoms with Crippen molar-refractivity contribution in [2.75, 3.05) is 12.3 Å². The van der Waals surface area contributed by atoms with Crippen molar-refractivity contribution in [1.82, 2.24) is 29.6 Å². The number of carboxylic acids is 1. The van der Waals surface area contributed by atoms with Crippen LogP contribution in [-0.2, 0) is 33.6 Å². The first kappa shape index (κ1) is 31.0. The number of amides is 2. The number of aliphatic carboxylic acids is 1. The number of imidazole rings is 1. The van der Waals surface area contributed by atoms with E-state index >= 15 is 0 Å². The van der Waals surface area contributed by atoms with Crippen LogP contribution in [0.2, 0.25) is 0 Å². The van der Waals surface area contributed by atoms with E-state index in [0.29, 0.717) is 0 Å². The van der Waals surface area contributed by atoms with Gasteiger partial charge in [-0.3, -0.25) is 23.1 Å². The second-order valence-corrected chi connectivity index (χ2v) is 10.9. The Morgan fingerprint density at radius 2 is 1.88 bits per heavy atom. The van der Waals surface area contributed by atoms with Crippen molar-refractivity contribution in [3.8, 4) is 0 Å². The summed E-state index contributed by atoms with van der Waals surface area (Å²) in [5.41, 5.74) is 11.9. The number of aliphatic hydroxyl groups excluding tert-OH is 2. The van der Waals surface area contributed by atoms with E-state index in [4.69, 9.17) is 25.5 Å². The minimum absolute atomic E-state index is 0.0317. The number of nitrogens with one attached hydrogen (secondary N) is 2. The van der Waals surface area contributed by atoms with E-state index in [0.717, 1.165) is 0 Å². The van der Waals surface area contributed by atoms with Gasteiger partial charge in [-0.2, -0.15) is 8.42 Å². The molecule has 1 aliphatic rings. The van der Waals surface area contributed by atoms with Gasteiger partial charge in [-0.25, -0.2) is 19.7 Å². The highest BCUT2D eigenvalue weighted by Crippen LogP contribution is 2.32. The zero-order valence-electron chi connectivity index (χ0n) is 21.6. The van der Waals surface area contributed by atoms with E-state index in [1.165, 1.54) is 17.2 Å². The van der Waals surface area contributed by atoms with Crippen LogP contribution in [0.3, 0.4) is 0 Å². The largest absolute Gasteiger partial charge is 0.481 e. The van der Waals surface area contributed by atoms with Crippen LogP contribution in [0, 0.1) is 5.92 Å². The Kier molecular flexibility index (Phi) is 9.92. The molecule has 18 nitrogen and oxygen atoms in total. The van der Waals surface area contributed by atoms with Gasteiger partial charge in [0.2, 0.25) is 5.91 Å². The Hall–Kier alpha value is -3.49. The lowest BCUT2D eigenvalue weighted by atomic mass is 10.0. The monoisotopic (exact) mass is 588 g/mol. The minimum atomic E-state index is -4.77. The Bertz CT molecular complexity index is 1340. The molecule has 3 rings (SSSR count). The maximum absolute atomic E-state index is 12.7. The molecule has 3 heterocycles. The number of nitrogen functional groups attached to an aromatic ring is 1. The van der Waals surface area contributed by atoms with Gasteiger partial charge < -0.3 is 36.8 Å². The number of nitrogens with zero attached hydrogens (tertiary/aromatic N) is 4. The van der Waals surface area contributed by atoms with E-state index in [9.17, 15) is 33.0 Å². The number of aromatic nitrogens is 4. The number of carbonyl (C=O) groups excluding carboxylic acids is 2. The normalized spacial score (nSPS) is 22.8. The fourth-order valence-electron chi connectivity index (χ4n) is 3.93. The number of hydrogen-bond donors (Lipinski definition) is 7. The minimum Gasteiger partial charge on any atom is -0.481 e. The lowest BCUT2D eigenvalue weighted by Crippen LogP contribution is -2.53. The number of nitrogens with two attached hydrogens (primary N) is 2. The lowest BCUT2D eigenvalue weighted by Gasteiger charge is -2.22. The number of ether oxygens (including phenoxy) is 1. The fourth-order valence-corrected chi connectivity index (χ4v) is 4.69. The number of anilines is 1. The fraction of sp³-hybridized carbons (Fsp3) is 0.619. The quantitative estimate of drug-likeness (QED) is 0.124. The molecule has 6 atom stereocenters. The maximum Gasteiger partial charge on any atom is 0.362 e. The van der Waals surface area contributed by atoms with Gasteiger partial charge in [0.05, 0.1) is 19.0 Å². The van der Waals surface area contributed by atoms with Crippen molar-refractivity contribution in [1.29, 1.82) is 0 Å². The van der Waals surface area contributed by atoms with Gasteiger partial charge >= 0.3 is 16.3 Å². The second kappa shape index (κ2) is 12.8. The number of fused-ring (bicyclic) bond motifs is 1. The van der Waals surface area contributed by atoms with E-state index < -0.39 is 71.3 Å². The van der Waals surface area contributed by atoms with Crippen LogP contribution in [0.15, 0.2) is 12.7 Å². The standard InChI is InChI=1S/C21H32N8O10S/c1-9(2)5-11(27-19(34)10(22)3-4-13(30)31)20(35)28-40(36,37)38-6-12-15(32)16(33)21(39-12)29-8-26-14-17(23)24-7-25-18(14)29/h7-12,15-16,21,32-33H,3-6,22H2,1-2H3,(H,27,34)(H,28,35)(H,30,31)(H2,23,24,25)/t10-,11-,12+,15+,16+,21+/m0/s1. The van der Waals surface area contributed by atoms with Gasteiger partial charge in [-0.05, 0) is 18.8 Å². The van der Waals surface area contributed by atoms with Crippen molar-refractivity contribution in [3.05, 3.63) is 12.7 Å². The Morgan fingerprint density at radius 1 is 1.18 bits per heavy atom. The van der Waals surface area contributed by atoms with E-state index in [2.05, 4.69) is 20.3 Å². The van der Waals surface area contributed by atoms with Crippen LogP contribution in [0.5, 0.6) is 0 Å². The first-order valence-corrected chi connectivity index (χ1v) is 13.5. The van der Waals surface area contributed by atoms with E-state index in [1.807, 2.05) is 0 Å². The molecule has 2 aromatic rings. The summed E-state index contributed by atoms with van der Waals surface area (Å²) >= 11 is 0. The molecule has 1 aliphatic heterocycles. The summed E-state index contributed by atoms with van der Waals surface area (Å²) in [5.74, 6) is -3.19. The van der Waals surface area contributed by atoms with Gasteiger partial charge in [-0.1, -0.05) is 13.8 Å². The van der Waals surface area contributed by atoms with Gasteiger partial charge in [0.1, 0.15) is 36.2 Å². The zero-order valence-corrected chi connectivity index (χ0v) is 22.4. The molecule has 0 radical (unpaired) electrons. The van der Waals surface area contributed by atoms with Crippen molar-refractivity contribution in [2.24, 2.45) is 11.7 Å². The summed E-state index contributed by atoms with van der Waals surface area (Å²) < 4.78 is 38.4. The first-order chi connectivity index (χ1) is 18.7. The Balaban J connectivity index is 1.62. The molecule has 19 heteroatoms. The molecule has 1 saturated heterocycles. The predicted octanol–water partition coefficient (Wildman–Crippen LogP) is -2.87. The third kappa shape index (κ3) is 7.58. The second-order valence-electron chi connectivity index (χ2n) is 9.56. The molecular formula is C21H32N8O10S. The van der Waals surface area contributed by atoms with Gasteiger partial charge in [0, 0.05) is 6.42 Å². The Labute approximate surface area is 228 Å². The highest BCUT2D eigenvalue weighted by atomic mass is 32.2. The van der Waals surface area contributed by atoms with Crippen LogP contribution in [0.1, 0.15) is 39.3 Å². The molecule has 40 heavy (non-hydrogen) atoms. The average Bonchev–Trinajstić information content (AvgIpc) is 3.42. The number of hydrogen-bond acceptors (Lipinski definition) is 14. The van der Waals surface area contributed by atoms with Crippen LogP contribution in [0.4, 0.5) is 5.82 Å². The molecule has 1 fully saturated rings. The SMILES string of the molecule is CC(C)C[C@H](NC(=O)[C@@H](N)CCC(=O)O)C(=O)NS(=O)(=O)OC[C@H]1O[C@@H](n2cnc3c(N)ncnc32)[C@H](O)[C@@H]1O. The van der Waals surface area contributed by atoms with Crippen molar-refractivity contribution < 1.29 is 47.0 Å². The highest BCUT2D eigenvalue weighted by Gasteiger charge is 2.45. The first-order valence-electron chi connectivity index (χ1n) is 12.1. The smallest absolute Gasteiger partial charge is 0.362 e. The third-order valence-corrected chi connectivity index (χ3v) is 6.86. The molecular weight excluding hydrogens is 556 g/mol. The third-order valence-electron chi connectivity index (χ3n) is 5.96. The summed E-state index contributed by atoms with van der Waals surface area (Å²) in [7, 11) is -4.77. The van der Waals surface area contributed by atoms with Gasteiger partial charge in [0.15, 0.2) is 17.7 Å². The van der Waals surface area contributed by atoms with Crippen LogP contribution in [-0.4, -0.2) is 98.0 Å².